The molecule has 1 N–H and O–H groups in total. The first-order valence-electron chi connectivity index (χ1n) is 9.42. The maximum absolute atomic E-state index is 12.2. The second-order valence-corrected chi connectivity index (χ2v) is 7.43. The van der Waals surface area contributed by atoms with E-state index in [4.69, 9.17) is 14.6 Å². The van der Waals surface area contributed by atoms with Crippen molar-refractivity contribution in [3.8, 4) is 0 Å². The number of aliphatic carboxylic acids is 1. The summed E-state index contributed by atoms with van der Waals surface area (Å²) in [6.07, 6.45) is 9.52. The van der Waals surface area contributed by atoms with Crippen molar-refractivity contribution in [1.29, 1.82) is 0 Å². The number of carboxylic acid groups (broad SMARTS) is 1. The van der Waals surface area contributed by atoms with Crippen molar-refractivity contribution in [1.82, 2.24) is 0 Å². The van der Waals surface area contributed by atoms with Gasteiger partial charge < -0.3 is 14.6 Å². The molecule has 1 atom stereocenters. The molecule has 0 saturated carbocycles. The molecular weight excluding hydrogens is 400 g/mol. The number of halogens is 1. The maximum atomic E-state index is 12.2. The van der Waals surface area contributed by atoms with Crippen LogP contribution < -0.4 is 0 Å². The first-order valence-corrected chi connectivity index (χ1v) is 10.5. The molecule has 0 saturated heterocycles. The molecule has 1 aliphatic rings. The van der Waals surface area contributed by atoms with Gasteiger partial charge in [0.2, 0.25) is 0 Å². The van der Waals surface area contributed by atoms with E-state index in [1.54, 1.807) is 6.92 Å². The van der Waals surface area contributed by atoms with Gasteiger partial charge in [0.15, 0.2) is 5.78 Å². The Hall–Kier alpha value is -1.14. The largest absolute Gasteiger partial charge is 0.498 e. The van der Waals surface area contributed by atoms with Crippen molar-refractivity contribution in [2.24, 2.45) is 0 Å². The van der Waals surface area contributed by atoms with E-state index in [1.165, 1.54) is 0 Å². The number of rotatable bonds is 14. The summed E-state index contributed by atoms with van der Waals surface area (Å²) in [7, 11) is 0. The topological polar surface area (TPSA) is 72.8 Å². The number of allylic oxidation sites excluding steroid dienone is 2. The van der Waals surface area contributed by atoms with Gasteiger partial charge in [-0.1, -0.05) is 35.7 Å². The zero-order chi connectivity index (χ0) is 19.4. The van der Waals surface area contributed by atoms with Crippen molar-refractivity contribution in [3.63, 3.8) is 0 Å². The number of carbonyl (C=O) groups is 2. The molecule has 0 fully saturated rings. The number of carbonyl (C=O) groups excluding carboxylic acids is 1. The van der Waals surface area contributed by atoms with Crippen molar-refractivity contribution in [2.75, 3.05) is 18.5 Å². The summed E-state index contributed by atoms with van der Waals surface area (Å²) >= 11 is 3.43. The standard InChI is InChI=1S/C20H31BrO5/c1-3-11-20(26-14-6-4-5-12-21)15-17(9-10-18(20)16(2)22)25-13-7-8-19(23)24/h9-10H,3-8,11-15H2,1-2H3,(H,23,24). The van der Waals surface area contributed by atoms with Gasteiger partial charge in [0, 0.05) is 30.4 Å². The van der Waals surface area contributed by atoms with Crippen LogP contribution in [0.1, 0.15) is 65.2 Å². The minimum absolute atomic E-state index is 0.0279. The Balaban J connectivity index is 2.77. The smallest absolute Gasteiger partial charge is 0.303 e. The third kappa shape index (κ3) is 7.62. The predicted molar refractivity (Wildman–Crippen MR) is 106 cm³/mol. The lowest BCUT2D eigenvalue weighted by atomic mass is 9.80. The Morgan fingerprint density at radius 3 is 2.58 bits per heavy atom. The molecule has 148 valence electrons. The van der Waals surface area contributed by atoms with E-state index in [-0.39, 0.29) is 12.2 Å². The number of ketones is 1. The van der Waals surface area contributed by atoms with Crippen LogP contribution >= 0.6 is 15.9 Å². The van der Waals surface area contributed by atoms with E-state index >= 15 is 0 Å². The number of alkyl halides is 1. The Morgan fingerprint density at radius 2 is 1.96 bits per heavy atom. The SMILES string of the molecule is CCCC1(OCCCCCBr)CC(OCCCC(=O)O)=CC=C1C(C)=O. The van der Waals surface area contributed by atoms with Gasteiger partial charge in [-0.25, -0.2) is 0 Å². The third-order valence-electron chi connectivity index (χ3n) is 4.40. The van der Waals surface area contributed by atoms with Crippen molar-refractivity contribution in [2.45, 2.75) is 70.8 Å². The highest BCUT2D eigenvalue weighted by Gasteiger charge is 2.39. The lowest BCUT2D eigenvalue weighted by Crippen LogP contribution is -2.40. The van der Waals surface area contributed by atoms with Gasteiger partial charge in [-0.15, -0.1) is 0 Å². The number of unbranched alkanes of at least 4 members (excludes halogenated alkanes) is 2. The minimum Gasteiger partial charge on any atom is -0.498 e. The molecule has 5 nitrogen and oxygen atoms in total. The summed E-state index contributed by atoms with van der Waals surface area (Å²) in [6, 6.07) is 0. The van der Waals surface area contributed by atoms with Crippen LogP contribution in [0.4, 0.5) is 0 Å². The van der Waals surface area contributed by atoms with Gasteiger partial charge in [-0.2, -0.15) is 0 Å². The lowest BCUT2D eigenvalue weighted by molar-refractivity contribution is -0.137. The molecule has 0 heterocycles. The fourth-order valence-corrected chi connectivity index (χ4v) is 3.59. The van der Waals surface area contributed by atoms with Crippen LogP contribution in [0, 0.1) is 0 Å². The molecule has 0 radical (unpaired) electrons. The van der Waals surface area contributed by atoms with Crippen LogP contribution in [0.3, 0.4) is 0 Å². The predicted octanol–water partition coefficient (Wildman–Crippen LogP) is 4.79. The van der Waals surface area contributed by atoms with Crippen LogP contribution in [0.15, 0.2) is 23.5 Å². The number of hydrogen-bond acceptors (Lipinski definition) is 4. The number of Topliss-reactive ketones (excluding diaryl/α,β-unsaturated/α-hetero) is 1. The van der Waals surface area contributed by atoms with E-state index in [1.807, 2.05) is 12.2 Å². The summed E-state index contributed by atoms with van der Waals surface area (Å²) in [5.74, 6) is -0.0356. The zero-order valence-electron chi connectivity index (χ0n) is 15.9. The van der Waals surface area contributed by atoms with E-state index in [2.05, 4.69) is 22.9 Å². The molecule has 0 spiro atoms. The van der Waals surface area contributed by atoms with Gasteiger partial charge in [-0.05, 0) is 44.8 Å². The number of carboxylic acids is 1. The molecule has 0 aromatic carbocycles. The van der Waals surface area contributed by atoms with Crippen molar-refractivity contribution in [3.05, 3.63) is 23.5 Å². The number of hydrogen-bond donors (Lipinski definition) is 1. The lowest BCUT2D eigenvalue weighted by Gasteiger charge is -2.38. The van der Waals surface area contributed by atoms with Crippen molar-refractivity contribution >= 4 is 27.7 Å². The van der Waals surface area contributed by atoms with Gasteiger partial charge in [0.1, 0.15) is 5.60 Å². The summed E-state index contributed by atoms with van der Waals surface area (Å²) < 4.78 is 12.1. The fourth-order valence-electron chi connectivity index (χ4n) is 3.20. The molecule has 0 bridgehead atoms. The number of ether oxygens (including phenoxy) is 2. The molecule has 1 aliphatic carbocycles. The second kappa shape index (κ2) is 12.3. The monoisotopic (exact) mass is 430 g/mol. The third-order valence-corrected chi connectivity index (χ3v) is 4.96. The Bertz CT molecular complexity index is 526. The van der Waals surface area contributed by atoms with Crippen LogP contribution in [0.2, 0.25) is 0 Å². The van der Waals surface area contributed by atoms with Gasteiger partial charge in [-0.3, -0.25) is 9.59 Å². The Kier molecular flexibility index (Phi) is 10.8. The van der Waals surface area contributed by atoms with E-state index < -0.39 is 11.6 Å². The molecule has 0 aromatic rings. The quantitative estimate of drug-likeness (QED) is 0.316. The summed E-state index contributed by atoms with van der Waals surface area (Å²) in [5, 5.41) is 9.71. The fraction of sp³-hybridized carbons (Fsp3) is 0.700. The Labute approximate surface area is 165 Å². The molecule has 6 heteroatoms. The molecule has 0 amide bonds. The molecule has 1 rings (SSSR count). The molecule has 0 aromatic heterocycles. The van der Waals surface area contributed by atoms with Crippen LogP contribution in [-0.4, -0.2) is 41.0 Å². The molecule has 0 aliphatic heterocycles. The second-order valence-electron chi connectivity index (χ2n) is 6.63. The van der Waals surface area contributed by atoms with Gasteiger partial charge in [0.25, 0.3) is 0 Å². The highest BCUT2D eigenvalue weighted by atomic mass is 79.9. The highest BCUT2D eigenvalue weighted by molar-refractivity contribution is 9.09. The van der Waals surface area contributed by atoms with Crippen LogP contribution in [0.5, 0.6) is 0 Å². The maximum Gasteiger partial charge on any atom is 0.303 e. The van der Waals surface area contributed by atoms with Crippen LogP contribution in [0.25, 0.3) is 0 Å². The van der Waals surface area contributed by atoms with E-state index in [9.17, 15) is 9.59 Å². The average Bonchev–Trinajstić information content (AvgIpc) is 2.58. The average molecular weight is 431 g/mol. The zero-order valence-corrected chi connectivity index (χ0v) is 17.5. The van der Waals surface area contributed by atoms with Gasteiger partial charge in [0.05, 0.1) is 12.4 Å². The van der Waals surface area contributed by atoms with E-state index in [0.717, 1.165) is 43.2 Å². The first kappa shape index (κ1) is 22.9. The minimum atomic E-state index is -0.822. The first-order chi connectivity index (χ1) is 12.4. The summed E-state index contributed by atoms with van der Waals surface area (Å²) in [6.45, 7) is 4.63. The van der Waals surface area contributed by atoms with Crippen molar-refractivity contribution < 1.29 is 24.2 Å². The molecule has 1 unspecified atom stereocenters. The Morgan fingerprint density at radius 1 is 1.19 bits per heavy atom. The highest BCUT2D eigenvalue weighted by Crippen LogP contribution is 2.38. The summed E-state index contributed by atoms with van der Waals surface area (Å²) in [5.41, 5.74) is 0.0732. The molecule has 26 heavy (non-hydrogen) atoms. The molecular formula is C20H31BrO5. The normalized spacial score (nSPS) is 19.7. The van der Waals surface area contributed by atoms with Gasteiger partial charge >= 0.3 is 5.97 Å². The summed E-state index contributed by atoms with van der Waals surface area (Å²) in [4.78, 5) is 22.8. The van der Waals surface area contributed by atoms with Crippen LogP contribution in [-0.2, 0) is 19.1 Å². The van der Waals surface area contributed by atoms with E-state index in [0.29, 0.717) is 31.6 Å².